The predicted octanol–water partition coefficient (Wildman–Crippen LogP) is 4.35. The number of carbonyl (C=O) groups excluding carboxylic acids is 2. The summed E-state index contributed by atoms with van der Waals surface area (Å²) in [6.45, 7) is 4.40. The van der Waals surface area contributed by atoms with Gasteiger partial charge in [0.15, 0.2) is 6.61 Å². The molecule has 0 radical (unpaired) electrons. The molecule has 0 fully saturated rings. The monoisotopic (exact) mass is 375 g/mol. The fourth-order valence-electron chi connectivity index (χ4n) is 2.34. The van der Waals surface area contributed by atoms with Crippen molar-refractivity contribution in [3.05, 3.63) is 52.2 Å². The zero-order valence-corrected chi connectivity index (χ0v) is 16.0. The maximum absolute atomic E-state index is 12.0. The van der Waals surface area contributed by atoms with E-state index >= 15 is 0 Å². The second-order valence-corrected chi connectivity index (χ2v) is 6.94. The van der Waals surface area contributed by atoms with Crippen molar-refractivity contribution in [2.24, 2.45) is 0 Å². The SMILES string of the molecule is CCCCCOc1ccc(C(=O)OCC(=O)N[C@@H](C)c2cccs2)cc1. The average molecular weight is 375 g/mol. The van der Waals surface area contributed by atoms with Crippen LogP contribution in [0.5, 0.6) is 5.75 Å². The van der Waals surface area contributed by atoms with Crippen LogP contribution in [-0.4, -0.2) is 25.1 Å². The second-order valence-electron chi connectivity index (χ2n) is 5.96. The standard InChI is InChI=1S/C20H25NO4S/c1-3-4-5-12-24-17-10-8-16(9-11-17)20(23)25-14-19(22)21-15(2)18-7-6-13-26-18/h6-11,13,15H,3-5,12,14H2,1-2H3,(H,21,22)/t15-/m0/s1. The maximum atomic E-state index is 12.0. The Morgan fingerprint density at radius 2 is 1.92 bits per heavy atom. The zero-order chi connectivity index (χ0) is 18.8. The van der Waals surface area contributed by atoms with Crippen molar-refractivity contribution < 1.29 is 19.1 Å². The van der Waals surface area contributed by atoms with Crippen LogP contribution in [0.25, 0.3) is 0 Å². The van der Waals surface area contributed by atoms with Crippen molar-refractivity contribution in [3.8, 4) is 5.75 Å². The fourth-order valence-corrected chi connectivity index (χ4v) is 3.07. The topological polar surface area (TPSA) is 64.6 Å². The molecule has 1 heterocycles. The highest BCUT2D eigenvalue weighted by atomic mass is 32.1. The Balaban J connectivity index is 1.74. The maximum Gasteiger partial charge on any atom is 0.338 e. The summed E-state index contributed by atoms with van der Waals surface area (Å²) in [5.41, 5.74) is 0.394. The van der Waals surface area contributed by atoms with Crippen LogP contribution in [0.15, 0.2) is 41.8 Å². The van der Waals surface area contributed by atoms with Crippen molar-refractivity contribution >= 4 is 23.2 Å². The van der Waals surface area contributed by atoms with Gasteiger partial charge in [-0.2, -0.15) is 0 Å². The van der Waals surface area contributed by atoms with Gasteiger partial charge in [-0.25, -0.2) is 4.79 Å². The summed E-state index contributed by atoms with van der Waals surface area (Å²) in [5.74, 6) is -0.128. The highest BCUT2D eigenvalue weighted by molar-refractivity contribution is 7.10. The average Bonchev–Trinajstić information content (AvgIpc) is 3.19. The van der Waals surface area contributed by atoms with Crippen LogP contribution in [-0.2, 0) is 9.53 Å². The van der Waals surface area contributed by atoms with Gasteiger partial charge in [0, 0.05) is 4.88 Å². The number of benzene rings is 1. The van der Waals surface area contributed by atoms with E-state index in [1.807, 2.05) is 24.4 Å². The minimum atomic E-state index is -0.526. The van der Waals surface area contributed by atoms with Crippen LogP contribution >= 0.6 is 11.3 Å². The summed E-state index contributed by atoms with van der Waals surface area (Å²) in [7, 11) is 0. The van der Waals surface area contributed by atoms with E-state index in [9.17, 15) is 9.59 Å². The molecule has 2 rings (SSSR count). The summed E-state index contributed by atoms with van der Waals surface area (Å²) in [5, 5.41) is 4.76. The van der Waals surface area contributed by atoms with Crippen LogP contribution in [0.2, 0.25) is 0 Å². The number of esters is 1. The highest BCUT2D eigenvalue weighted by Crippen LogP contribution is 2.18. The number of hydrogen-bond donors (Lipinski definition) is 1. The smallest absolute Gasteiger partial charge is 0.338 e. The number of ether oxygens (including phenoxy) is 2. The third-order valence-electron chi connectivity index (χ3n) is 3.79. The van der Waals surface area contributed by atoms with E-state index in [0.29, 0.717) is 12.2 Å². The molecule has 5 nitrogen and oxygen atoms in total. The Hall–Kier alpha value is -2.34. The van der Waals surface area contributed by atoms with Crippen molar-refractivity contribution in [1.29, 1.82) is 0 Å². The van der Waals surface area contributed by atoms with Crippen LogP contribution < -0.4 is 10.1 Å². The molecule has 0 saturated heterocycles. The van der Waals surface area contributed by atoms with Gasteiger partial charge >= 0.3 is 5.97 Å². The lowest BCUT2D eigenvalue weighted by atomic mass is 10.2. The third kappa shape index (κ3) is 6.52. The van der Waals surface area contributed by atoms with Gasteiger partial charge in [-0.1, -0.05) is 25.8 Å². The minimum absolute atomic E-state index is 0.106. The molecular weight excluding hydrogens is 350 g/mol. The Labute approximate surface area is 158 Å². The quantitative estimate of drug-likeness (QED) is 0.495. The summed E-state index contributed by atoms with van der Waals surface area (Å²) in [6, 6.07) is 10.5. The molecule has 0 aliphatic heterocycles. The first-order chi connectivity index (χ1) is 12.6. The molecule has 6 heteroatoms. The lowest BCUT2D eigenvalue weighted by Gasteiger charge is -2.12. The molecule has 0 unspecified atom stereocenters. The zero-order valence-electron chi connectivity index (χ0n) is 15.2. The number of rotatable bonds is 10. The molecule has 0 bridgehead atoms. The molecule has 1 aromatic carbocycles. The van der Waals surface area contributed by atoms with Crippen molar-refractivity contribution in [1.82, 2.24) is 5.32 Å². The molecule has 0 aliphatic carbocycles. The lowest BCUT2D eigenvalue weighted by Crippen LogP contribution is -2.30. The molecular formula is C20H25NO4S. The number of thiophene rings is 1. The number of hydrogen-bond acceptors (Lipinski definition) is 5. The van der Waals surface area contributed by atoms with Crippen molar-refractivity contribution in [2.45, 2.75) is 39.2 Å². The number of unbranched alkanes of at least 4 members (excludes halogenated alkanes) is 2. The largest absolute Gasteiger partial charge is 0.494 e. The van der Waals surface area contributed by atoms with Gasteiger partial charge in [0.05, 0.1) is 18.2 Å². The number of nitrogens with one attached hydrogen (secondary N) is 1. The molecule has 1 amide bonds. The number of amides is 1. The molecule has 0 aliphatic rings. The Bertz CT molecular complexity index is 682. The summed E-state index contributed by atoms with van der Waals surface area (Å²) in [4.78, 5) is 25.0. The summed E-state index contributed by atoms with van der Waals surface area (Å²) in [6.07, 6.45) is 3.30. The van der Waals surface area contributed by atoms with E-state index in [-0.39, 0.29) is 18.6 Å². The molecule has 26 heavy (non-hydrogen) atoms. The minimum Gasteiger partial charge on any atom is -0.494 e. The van der Waals surface area contributed by atoms with Crippen LogP contribution in [0.1, 0.15) is 54.4 Å². The predicted molar refractivity (Wildman–Crippen MR) is 103 cm³/mol. The van der Waals surface area contributed by atoms with E-state index in [4.69, 9.17) is 9.47 Å². The first-order valence-corrected chi connectivity index (χ1v) is 9.71. The Morgan fingerprint density at radius 3 is 2.58 bits per heavy atom. The van der Waals surface area contributed by atoms with Crippen LogP contribution in [0.4, 0.5) is 0 Å². The van der Waals surface area contributed by atoms with Gasteiger partial charge < -0.3 is 14.8 Å². The van der Waals surface area contributed by atoms with Crippen molar-refractivity contribution in [3.63, 3.8) is 0 Å². The molecule has 140 valence electrons. The normalized spacial score (nSPS) is 11.6. The molecule has 1 aromatic heterocycles. The van der Waals surface area contributed by atoms with Gasteiger partial charge in [-0.15, -0.1) is 11.3 Å². The van der Waals surface area contributed by atoms with Gasteiger partial charge in [-0.05, 0) is 49.1 Å². The van der Waals surface area contributed by atoms with E-state index < -0.39 is 5.97 Å². The summed E-state index contributed by atoms with van der Waals surface area (Å²) >= 11 is 1.57. The molecule has 1 atom stereocenters. The fraction of sp³-hybridized carbons (Fsp3) is 0.400. The van der Waals surface area contributed by atoms with Gasteiger partial charge in [0.1, 0.15) is 5.75 Å². The lowest BCUT2D eigenvalue weighted by molar-refractivity contribution is -0.124. The van der Waals surface area contributed by atoms with E-state index in [1.54, 1.807) is 35.6 Å². The molecule has 1 N–H and O–H groups in total. The van der Waals surface area contributed by atoms with Crippen molar-refractivity contribution in [2.75, 3.05) is 13.2 Å². The van der Waals surface area contributed by atoms with Gasteiger partial charge in [0.25, 0.3) is 5.91 Å². The van der Waals surface area contributed by atoms with Gasteiger partial charge in [0.2, 0.25) is 0 Å². The molecule has 2 aromatic rings. The number of carbonyl (C=O) groups is 2. The van der Waals surface area contributed by atoms with E-state index in [1.165, 1.54) is 0 Å². The molecule has 0 saturated carbocycles. The van der Waals surface area contributed by atoms with E-state index in [0.717, 1.165) is 29.9 Å². The summed E-state index contributed by atoms with van der Waals surface area (Å²) < 4.78 is 10.7. The second kappa shape index (κ2) is 10.6. The van der Waals surface area contributed by atoms with Gasteiger partial charge in [-0.3, -0.25) is 4.79 Å². The Kier molecular flexibility index (Phi) is 8.15. The first-order valence-electron chi connectivity index (χ1n) is 8.83. The first kappa shape index (κ1) is 20.0. The van der Waals surface area contributed by atoms with Crippen LogP contribution in [0.3, 0.4) is 0 Å². The van der Waals surface area contributed by atoms with Crippen LogP contribution in [0, 0.1) is 0 Å². The molecule has 0 spiro atoms. The highest BCUT2D eigenvalue weighted by Gasteiger charge is 2.13. The Morgan fingerprint density at radius 1 is 1.15 bits per heavy atom. The third-order valence-corrected chi connectivity index (χ3v) is 4.84. The van der Waals surface area contributed by atoms with E-state index in [2.05, 4.69) is 12.2 Å².